The van der Waals surface area contributed by atoms with Crippen molar-refractivity contribution in [3.63, 3.8) is 0 Å². The van der Waals surface area contributed by atoms with Crippen molar-refractivity contribution in [2.45, 2.75) is 13.1 Å². The van der Waals surface area contributed by atoms with Gasteiger partial charge in [0.15, 0.2) is 6.17 Å². The highest BCUT2D eigenvalue weighted by Gasteiger charge is 2.24. The van der Waals surface area contributed by atoms with Crippen molar-refractivity contribution >= 4 is 33.7 Å². The van der Waals surface area contributed by atoms with Crippen LogP contribution < -0.4 is 16.4 Å². The third-order valence-corrected chi connectivity index (χ3v) is 4.32. The summed E-state index contributed by atoms with van der Waals surface area (Å²) in [7, 11) is 0. The summed E-state index contributed by atoms with van der Waals surface area (Å²) in [6.45, 7) is 1.66. The van der Waals surface area contributed by atoms with Crippen molar-refractivity contribution in [2.75, 3.05) is 17.2 Å². The maximum absolute atomic E-state index is 14.1. The number of hydrogen-bond donors (Lipinski definition) is 3. The Hall–Kier alpha value is -3.06. The van der Waals surface area contributed by atoms with E-state index in [1.807, 2.05) is 0 Å². The van der Waals surface area contributed by atoms with Crippen LogP contribution >= 0.6 is 0 Å². The number of rotatable bonds is 6. The minimum absolute atomic E-state index is 0.0808. The summed E-state index contributed by atoms with van der Waals surface area (Å²) in [4.78, 5) is 16.2. The summed E-state index contributed by atoms with van der Waals surface area (Å²) in [6, 6.07) is 11.2. The Morgan fingerprint density at radius 2 is 1.81 bits per heavy atom. The summed E-state index contributed by atoms with van der Waals surface area (Å²) in [5, 5.41) is 7.26. The molecule has 0 spiro atoms. The fourth-order valence-corrected chi connectivity index (χ4v) is 2.68. The van der Waals surface area contributed by atoms with E-state index >= 15 is 0 Å². The molecule has 1 amide bonds. The van der Waals surface area contributed by atoms with Gasteiger partial charge in [0.2, 0.25) is 0 Å². The van der Waals surface area contributed by atoms with E-state index in [4.69, 9.17) is 5.73 Å². The average molecular weight is 370 g/mol. The first-order valence-electron chi connectivity index (χ1n) is 8.54. The van der Waals surface area contributed by atoms with Gasteiger partial charge in [0, 0.05) is 40.5 Å². The van der Waals surface area contributed by atoms with E-state index in [1.165, 1.54) is 12.1 Å². The standard InChI is InChI=1S/C20H20F2N4O/c1-12(10-23)19(22)20(27)26-18-7-6-17(15-8-9-24-11-16(15)18)25-14-4-2-13(21)3-5-14/h2-9,11-12,19,25H,10,23H2,1H3,(H,26,27). The van der Waals surface area contributed by atoms with Gasteiger partial charge in [-0.15, -0.1) is 0 Å². The number of anilines is 3. The molecule has 0 fully saturated rings. The van der Waals surface area contributed by atoms with E-state index in [0.29, 0.717) is 16.8 Å². The van der Waals surface area contributed by atoms with Gasteiger partial charge in [0.05, 0.1) is 5.69 Å². The number of alkyl halides is 1. The largest absolute Gasteiger partial charge is 0.355 e. The first kappa shape index (κ1) is 18.7. The minimum Gasteiger partial charge on any atom is -0.355 e. The van der Waals surface area contributed by atoms with E-state index in [0.717, 1.165) is 11.1 Å². The van der Waals surface area contributed by atoms with E-state index < -0.39 is 18.0 Å². The molecule has 2 aromatic carbocycles. The number of nitrogens with one attached hydrogen (secondary N) is 2. The smallest absolute Gasteiger partial charge is 0.259 e. The first-order valence-corrected chi connectivity index (χ1v) is 8.54. The third kappa shape index (κ3) is 4.20. The van der Waals surface area contributed by atoms with Crippen molar-refractivity contribution in [3.8, 4) is 0 Å². The number of carbonyl (C=O) groups is 1. The van der Waals surface area contributed by atoms with Crippen LogP contribution in [0.2, 0.25) is 0 Å². The Bertz CT molecular complexity index is 946. The monoisotopic (exact) mass is 370 g/mol. The zero-order valence-corrected chi connectivity index (χ0v) is 14.7. The molecule has 1 heterocycles. The highest BCUT2D eigenvalue weighted by atomic mass is 19.1. The van der Waals surface area contributed by atoms with Crippen LogP contribution in [0.3, 0.4) is 0 Å². The molecule has 0 saturated carbocycles. The normalized spacial score (nSPS) is 13.2. The van der Waals surface area contributed by atoms with Gasteiger partial charge < -0.3 is 16.4 Å². The number of hydrogen-bond acceptors (Lipinski definition) is 4. The molecule has 5 nitrogen and oxygen atoms in total. The Labute approximate surface area is 155 Å². The molecule has 3 aromatic rings. The van der Waals surface area contributed by atoms with Crippen LogP contribution in [-0.4, -0.2) is 23.6 Å². The molecule has 0 aliphatic carbocycles. The number of pyridine rings is 1. The zero-order valence-electron chi connectivity index (χ0n) is 14.7. The molecule has 140 valence electrons. The number of amides is 1. The fraction of sp³-hybridized carbons (Fsp3) is 0.200. The lowest BCUT2D eigenvalue weighted by Gasteiger charge is -2.17. The molecule has 0 aliphatic rings. The lowest BCUT2D eigenvalue weighted by molar-refractivity contribution is -0.122. The molecule has 0 aliphatic heterocycles. The molecule has 27 heavy (non-hydrogen) atoms. The van der Waals surface area contributed by atoms with Crippen LogP contribution in [0.4, 0.5) is 25.8 Å². The molecule has 2 unspecified atom stereocenters. The van der Waals surface area contributed by atoms with Crippen molar-refractivity contribution in [1.82, 2.24) is 4.98 Å². The van der Waals surface area contributed by atoms with Crippen LogP contribution in [0.15, 0.2) is 54.9 Å². The second-order valence-electron chi connectivity index (χ2n) is 6.32. The van der Waals surface area contributed by atoms with Crippen LogP contribution in [0.1, 0.15) is 6.92 Å². The molecular formula is C20H20F2N4O. The van der Waals surface area contributed by atoms with E-state index in [-0.39, 0.29) is 12.4 Å². The quantitative estimate of drug-likeness (QED) is 0.613. The lowest BCUT2D eigenvalue weighted by atomic mass is 10.0. The summed E-state index contributed by atoms with van der Waals surface area (Å²) in [6.07, 6.45) is 1.53. The Morgan fingerprint density at radius 1 is 1.11 bits per heavy atom. The van der Waals surface area contributed by atoms with Crippen molar-refractivity contribution in [2.24, 2.45) is 11.7 Å². The lowest BCUT2D eigenvalue weighted by Crippen LogP contribution is -2.33. The number of benzene rings is 2. The minimum atomic E-state index is -1.70. The van der Waals surface area contributed by atoms with Gasteiger partial charge in [0.1, 0.15) is 5.82 Å². The number of fused-ring (bicyclic) bond motifs is 1. The van der Waals surface area contributed by atoms with Crippen LogP contribution in [0.5, 0.6) is 0 Å². The molecule has 2 atom stereocenters. The van der Waals surface area contributed by atoms with E-state index in [1.54, 1.807) is 49.6 Å². The topological polar surface area (TPSA) is 80.0 Å². The van der Waals surface area contributed by atoms with Crippen molar-refractivity contribution in [1.29, 1.82) is 0 Å². The second kappa shape index (κ2) is 8.09. The van der Waals surface area contributed by atoms with Crippen LogP contribution in [0, 0.1) is 11.7 Å². The van der Waals surface area contributed by atoms with E-state index in [9.17, 15) is 13.6 Å². The Kier molecular flexibility index (Phi) is 5.61. The Morgan fingerprint density at radius 3 is 2.52 bits per heavy atom. The molecule has 4 N–H and O–H groups in total. The van der Waals surface area contributed by atoms with Gasteiger partial charge in [-0.3, -0.25) is 9.78 Å². The first-order chi connectivity index (χ1) is 13.0. The van der Waals surface area contributed by atoms with Gasteiger partial charge in [-0.25, -0.2) is 8.78 Å². The van der Waals surface area contributed by atoms with Crippen LogP contribution in [-0.2, 0) is 4.79 Å². The SMILES string of the molecule is CC(CN)C(F)C(=O)Nc1ccc(Nc2ccc(F)cc2)c2ccncc12. The molecule has 1 aromatic heterocycles. The summed E-state index contributed by atoms with van der Waals surface area (Å²) < 4.78 is 27.2. The number of nitrogens with zero attached hydrogens (tertiary/aromatic N) is 1. The maximum Gasteiger partial charge on any atom is 0.259 e. The number of aromatic nitrogens is 1. The molecule has 7 heteroatoms. The van der Waals surface area contributed by atoms with Gasteiger partial charge in [-0.2, -0.15) is 0 Å². The summed E-state index contributed by atoms with van der Waals surface area (Å²) in [5.41, 5.74) is 7.36. The molecule has 0 saturated heterocycles. The van der Waals surface area contributed by atoms with Crippen LogP contribution in [0.25, 0.3) is 10.8 Å². The van der Waals surface area contributed by atoms with Crippen molar-refractivity contribution < 1.29 is 13.6 Å². The third-order valence-electron chi connectivity index (χ3n) is 4.32. The van der Waals surface area contributed by atoms with E-state index in [2.05, 4.69) is 15.6 Å². The van der Waals surface area contributed by atoms with Gasteiger partial charge >= 0.3 is 0 Å². The second-order valence-corrected chi connectivity index (χ2v) is 6.32. The summed E-state index contributed by atoms with van der Waals surface area (Å²) >= 11 is 0. The van der Waals surface area contributed by atoms with Gasteiger partial charge in [-0.1, -0.05) is 6.92 Å². The Balaban J connectivity index is 1.91. The molecule has 3 rings (SSSR count). The number of nitrogens with two attached hydrogens (primary N) is 1. The van der Waals surface area contributed by atoms with Gasteiger partial charge in [0.25, 0.3) is 5.91 Å². The highest BCUT2D eigenvalue weighted by molar-refractivity contribution is 6.07. The molecule has 0 bridgehead atoms. The molecular weight excluding hydrogens is 350 g/mol. The molecule has 0 radical (unpaired) electrons. The predicted molar refractivity (Wildman–Crippen MR) is 103 cm³/mol. The fourth-order valence-electron chi connectivity index (χ4n) is 2.68. The highest BCUT2D eigenvalue weighted by Crippen LogP contribution is 2.31. The van der Waals surface area contributed by atoms with Crippen molar-refractivity contribution in [3.05, 3.63) is 60.7 Å². The number of halogens is 2. The average Bonchev–Trinajstić information content (AvgIpc) is 2.70. The maximum atomic E-state index is 14.1. The number of carbonyl (C=O) groups excluding carboxylic acids is 1. The van der Waals surface area contributed by atoms with Gasteiger partial charge in [-0.05, 0) is 49.0 Å². The zero-order chi connectivity index (χ0) is 19.4. The summed E-state index contributed by atoms with van der Waals surface area (Å²) in [5.74, 6) is -1.63. The predicted octanol–water partition coefficient (Wildman–Crippen LogP) is 3.99.